The lowest BCUT2D eigenvalue weighted by Crippen LogP contribution is -2.27. The van der Waals surface area contributed by atoms with Crippen LogP contribution in [0.15, 0.2) is 47.4 Å². The van der Waals surface area contributed by atoms with Gasteiger partial charge in [0.25, 0.3) is 0 Å². The molecule has 0 aliphatic heterocycles. The molecule has 0 saturated carbocycles. The van der Waals surface area contributed by atoms with Crippen LogP contribution in [0.4, 0.5) is 5.69 Å². The summed E-state index contributed by atoms with van der Waals surface area (Å²) < 4.78 is 24.1. The standard InChI is InChI=1S/C20H23NO3S/c1-14(22)15-8-9-19(25(3,23)24)18(10-15)21-13-20(2)11-16-6-4-5-7-17(16)12-20/h4-10,21H,11-13H2,1-3H3. The zero-order valence-corrected chi connectivity index (χ0v) is 15.6. The van der Waals surface area contributed by atoms with Crippen molar-refractivity contribution >= 4 is 21.3 Å². The molecule has 0 aromatic heterocycles. The highest BCUT2D eigenvalue weighted by atomic mass is 32.2. The molecule has 0 atom stereocenters. The number of hydrogen-bond acceptors (Lipinski definition) is 4. The Kier molecular flexibility index (Phi) is 4.45. The molecule has 132 valence electrons. The van der Waals surface area contributed by atoms with Gasteiger partial charge in [0.1, 0.15) is 0 Å². The van der Waals surface area contributed by atoms with Gasteiger partial charge >= 0.3 is 0 Å². The second-order valence-corrected chi connectivity index (χ2v) is 9.31. The van der Waals surface area contributed by atoms with Crippen LogP contribution in [-0.2, 0) is 22.7 Å². The van der Waals surface area contributed by atoms with Crippen molar-refractivity contribution in [2.75, 3.05) is 18.1 Å². The van der Waals surface area contributed by atoms with Crippen molar-refractivity contribution in [2.24, 2.45) is 5.41 Å². The molecule has 0 spiro atoms. The summed E-state index contributed by atoms with van der Waals surface area (Å²) >= 11 is 0. The lowest BCUT2D eigenvalue weighted by molar-refractivity contribution is 0.101. The maximum atomic E-state index is 12.1. The lowest BCUT2D eigenvalue weighted by atomic mass is 9.87. The minimum absolute atomic E-state index is 0.0185. The number of Topliss-reactive ketones (excluding diaryl/α,β-unsaturated/α-hetero) is 1. The van der Waals surface area contributed by atoms with Crippen LogP contribution in [0.25, 0.3) is 0 Å². The normalized spacial score (nSPS) is 15.6. The van der Waals surface area contributed by atoms with Crippen molar-refractivity contribution in [3.8, 4) is 0 Å². The Labute approximate surface area is 149 Å². The third-order valence-electron chi connectivity index (χ3n) is 4.84. The third-order valence-corrected chi connectivity index (χ3v) is 6.00. The van der Waals surface area contributed by atoms with Crippen LogP contribution < -0.4 is 5.32 Å². The average Bonchev–Trinajstić information content (AvgIpc) is 2.88. The van der Waals surface area contributed by atoms with E-state index >= 15 is 0 Å². The average molecular weight is 357 g/mol. The molecule has 2 aromatic carbocycles. The van der Waals surface area contributed by atoms with Crippen molar-refractivity contribution in [3.63, 3.8) is 0 Å². The third kappa shape index (κ3) is 3.76. The Morgan fingerprint density at radius 2 is 1.72 bits per heavy atom. The van der Waals surface area contributed by atoms with Gasteiger partial charge in [-0.05, 0) is 54.5 Å². The fourth-order valence-electron chi connectivity index (χ4n) is 3.53. The number of rotatable bonds is 5. The highest BCUT2D eigenvalue weighted by Gasteiger charge is 2.32. The molecule has 0 radical (unpaired) electrons. The van der Waals surface area contributed by atoms with E-state index in [0.29, 0.717) is 17.8 Å². The number of carbonyl (C=O) groups excluding carboxylic acids is 1. The van der Waals surface area contributed by atoms with E-state index in [1.54, 1.807) is 12.1 Å². The predicted octanol–water partition coefficient (Wildman–Crippen LogP) is 3.51. The second kappa shape index (κ2) is 6.30. The summed E-state index contributed by atoms with van der Waals surface area (Å²) in [6.07, 6.45) is 3.10. The molecule has 1 aliphatic carbocycles. The number of sulfone groups is 1. The molecule has 0 saturated heterocycles. The van der Waals surface area contributed by atoms with E-state index in [1.165, 1.54) is 30.4 Å². The summed E-state index contributed by atoms with van der Waals surface area (Å²) in [5.41, 5.74) is 3.74. The van der Waals surface area contributed by atoms with Gasteiger partial charge in [0.2, 0.25) is 0 Å². The number of benzene rings is 2. The highest BCUT2D eigenvalue weighted by Crippen LogP contribution is 2.37. The minimum atomic E-state index is -3.37. The Morgan fingerprint density at radius 3 is 2.24 bits per heavy atom. The van der Waals surface area contributed by atoms with Crippen molar-refractivity contribution < 1.29 is 13.2 Å². The molecule has 4 nitrogen and oxygen atoms in total. The summed E-state index contributed by atoms with van der Waals surface area (Å²) in [6.45, 7) is 4.33. The van der Waals surface area contributed by atoms with Crippen LogP contribution in [0, 0.1) is 5.41 Å². The largest absolute Gasteiger partial charge is 0.383 e. The fourth-order valence-corrected chi connectivity index (χ4v) is 4.37. The molecule has 1 N–H and O–H groups in total. The molecule has 3 rings (SSSR count). The number of anilines is 1. The molecular weight excluding hydrogens is 334 g/mol. The van der Waals surface area contributed by atoms with Gasteiger partial charge in [-0.15, -0.1) is 0 Å². The van der Waals surface area contributed by atoms with Crippen LogP contribution in [0.3, 0.4) is 0 Å². The maximum absolute atomic E-state index is 12.1. The minimum Gasteiger partial charge on any atom is -0.383 e. The number of carbonyl (C=O) groups is 1. The molecule has 0 amide bonds. The summed E-state index contributed by atoms with van der Waals surface area (Å²) in [5.74, 6) is -0.0809. The summed E-state index contributed by atoms with van der Waals surface area (Å²) in [6, 6.07) is 13.1. The van der Waals surface area contributed by atoms with E-state index in [2.05, 4.69) is 36.5 Å². The van der Waals surface area contributed by atoms with Gasteiger partial charge in [-0.3, -0.25) is 4.79 Å². The topological polar surface area (TPSA) is 63.2 Å². The zero-order valence-electron chi connectivity index (χ0n) is 14.8. The highest BCUT2D eigenvalue weighted by molar-refractivity contribution is 7.90. The van der Waals surface area contributed by atoms with E-state index < -0.39 is 9.84 Å². The SMILES string of the molecule is CC(=O)c1ccc(S(C)(=O)=O)c(NCC2(C)Cc3ccccc3C2)c1. The molecule has 0 heterocycles. The molecule has 25 heavy (non-hydrogen) atoms. The fraction of sp³-hybridized carbons (Fsp3) is 0.350. The summed E-state index contributed by atoms with van der Waals surface area (Å²) in [5, 5.41) is 3.30. The summed E-state index contributed by atoms with van der Waals surface area (Å²) in [7, 11) is -3.37. The van der Waals surface area contributed by atoms with Crippen molar-refractivity contribution in [2.45, 2.75) is 31.6 Å². The van der Waals surface area contributed by atoms with E-state index in [4.69, 9.17) is 0 Å². The van der Waals surface area contributed by atoms with Gasteiger partial charge in [-0.25, -0.2) is 8.42 Å². The first-order chi connectivity index (χ1) is 11.7. The molecular formula is C20H23NO3S. The Morgan fingerprint density at radius 1 is 1.12 bits per heavy atom. The molecule has 1 aliphatic rings. The quantitative estimate of drug-likeness (QED) is 0.832. The van der Waals surface area contributed by atoms with Gasteiger partial charge in [0, 0.05) is 18.4 Å². The molecule has 0 unspecified atom stereocenters. The lowest BCUT2D eigenvalue weighted by Gasteiger charge is -2.25. The van der Waals surface area contributed by atoms with Crippen molar-refractivity contribution in [1.82, 2.24) is 0 Å². The first-order valence-electron chi connectivity index (χ1n) is 8.34. The van der Waals surface area contributed by atoms with Gasteiger partial charge in [-0.1, -0.05) is 31.2 Å². The smallest absolute Gasteiger partial charge is 0.177 e. The van der Waals surface area contributed by atoms with Gasteiger partial charge in [0.05, 0.1) is 10.6 Å². The Balaban J connectivity index is 1.86. The number of fused-ring (bicyclic) bond motifs is 1. The molecule has 0 fully saturated rings. The van der Waals surface area contributed by atoms with Crippen LogP contribution in [0.1, 0.15) is 35.3 Å². The zero-order chi connectivity index (χ0) is 18.2. The maximum Gasteiger partial charge on any atom is 0.177 e. The predicted molar refractivity (Wildman–Crippen MR) is 100 cm³/mol. The first-order valence-corrected chi connectivity index (χ1v) is 10.2. The molecule has 5 heteroatoms. The van der Waals surface area contributed by atoms with Gasteiger partial charge in [0.15, 0.2) is 15.6 Å². The van der Waals surface area contributed by atoms with E-state index in [1.807, 2.05) is 0 Å². The Hall–Kier alpha value is -2.14. The van der Waals surface area contributed by atoms with Gasteiger partial charge < -0.3 is 5.32 Å². The van der Waals surface area contributed by atoms with Crippen LogP contribution in [0.2, 0.25) is 0 Å². The Bertz CT molecular complexity index is 907. The van der Waals surface area contributed by atoms with Crippen molar-refractivity contribution in [1.29, 1.82) is 0 Å². The second-order valence-electron chi connectivity index (χ2n) is 7.33. The molecule has 2 aromatic rings. The van der Waals surface area contributed by atoms with Crippen LogP contribution in [0.5, 0.6) is 0 Å². The monoisotopic (exact) mass is 357 g/mol. The number of hydrogen-bond donors (Lipinski definition) is 1. The van der Waals surface area contributed by atoms with Gasteiger partial charge in [-0.2, -0.15) is 0 Å². The summed E-state index contributed by atoms with van der Waals surface area (Å²) in [4.78, 5) is 11.9. The number of ketones is 1. The van der Waals surface area contributed by atoms with Crippen LogP contribution in [-0.4, -0.2) is 27.0 Å². The van der Waals surface area contributed by atoms with E-state index in [9.17, 15) is 13.2 Å². The molecule has 0 bridgehead atoms. The number of nitrogens with one attached hydrogen (secondary N) is 1. The van der Waals surface area contributed by atoms with E-state index in [-0.39, 0.29) is 16.1 Å². The van der Waals surface area contributed by atoms with Crippen molar-refractivity contribution in [3.05, 3.63) is 59.2 Å². The first kappa shape index (κ1) is 17.7. The van der Waals surface area contributed by atoms with Crippen LogP contribution >= 0.6 is 0 Å². The van der Waals surface area contributed by atoms with E-state index in [0.717, 1.165) is 12.8 Å².